The van der Waals surface area contributed by atoms with Crippen LogP contribution in [0.4, 0.5) is 0 Å². The topological polar surface area (TPSA) is 69.9 Å². The molecule has 2 heterocycles. The Kier molecular flexibility index (Phi) is 3.42. The van der Waals surface area contributed by atoms with E-state index < -0.39 is 0 Å². The summed E-state index contributed by atoms with van der Waals surface area (Å²) in [6.07, 6.45) is 4.87. The molecule has 0 aliphatic carbocycles. The molecule has 0 N–H and O–H groups in total. The minimum absolute atomic E-state index is 0.0181. The van der Waals surface area contributed by atoms with Gasteiger partial charge in [-0.15, -0.1) is 0 Å². The summed E-state index contributed by atoms with van der Waals surface area (Å²) >= 11 is 0. The van der Waals surface area contributed by atoms with Crippen molar-refractivity contribution >= 4 is 5.78 Å². The molecule has 0 unspecified atom stereocenters. The van der Waals surface area contributed by atoms with Gasteiger partial charge in [0, 0.05) is 24.0 Å². The smallest absolute Gasteiger partial charge is 0.224 e. The summed E-state index contributed by atoms with van der Waals surface area (Å²) in [5, 5.41) is 4.10. The standard InChI is InChI=1S/C15H12N4O2/c1-11(20)12-3-5-13(6-4-12)21-15-9-14(16-10-17-15)19-8-2-7-18-19/h2-10H,1H3. The molecule has 1 aromatic carbocycles. The summed E-state index contributed by atoms with van der Waals surface area (Å²) in [7, 11) is 0. The van der Waals surface area contributed by atoms with Gasteiger partial charge in [-0.3, -0.25) is 4.79 Å². The summed E-state index contributed by atoms with van der Waals surface area (Å²) in [6.45, 7) is 1.52. The Morgan fingerprint density at radius 2 is 2.00 bits per heavy atom. The summed E-state index contributed by atoms with van der Waals surface area (Å²) in [5.41, 5.74) is 0.641. The number of hydrogen-bond donors (Lipinski definition) is 0. The lowest BCUT2D eigenvalue weighted by Gasteiger charge is -2.06. The Balaban J connectivity index is 1.81. The maximum atomic E-state index is 11.2. The predicted molar refractivity (Wildman–Crippen MR) is 75.7 cm³/mol. The average Bonchev–Trinajstić information content (AvgIpc) is 3.02. The molecule has 21 heavy (non-hydrogen) atoms. The molecule has 0 aliphatic heterocycles. The van der Waals surface area contributed by atoms with Crippen LogP contribution in [0, 0.1) is 0 Å². The van der Waals surface area contributed by atoms with Crippen molar-refractivity contribution in [3.63, 3.8) is 0 Å². The molecule has 0 fully saturated rings. The highest BCUT2D eigenvalue weighted by molar-refractivity contribution is 5.94. The third-order valence-electron chi connectivity index (χ3n) is 2.85. The second-order valence-electron chi connectivity index (χ2n) is 4.35. The zero-order chi connectivity index (χ0) is 14.7. The zero-order valence-electron chi connectivity index (χ0n) is 11.3. The van der Waals surface area contributed by atoms with E-state index in [1.807, 2.05) is 6.07 Å². The van der Waals surface area contributed by atoms with E-state index in [9.17, 15) is 4.79 Å². The number of rotatable bonds is 4. The van der Waals surface area contributed by atoms with Gasteiger partial charge in [-0.25, -0.2) is 14.6 Å². The summed E-state index contributed by atoms with van der Waals surface area (Å²) < 4.78 is 7.27. The fourth-order valence-corrected chi connectivity index (χ4v) is 1.79. The van der Waals surface area contributed by atoms with E-state index in [1.165, 1.54) is 13.3 Å². The minimum atomic E-state index is 0.0181. The molecule has 0 saturated heterocycles. The third-order valence-corrected chi connectivity index (χ3v) is 2.85. The highest BCUT2D eigenvalue weighted by Gasteiger charge is 2.04. The minimum Gasteiger partial charge on any atom is -0.439 e. The molecule has 0 atom stereocenters. The van der Waals surface area contributed by atoms with Gasteiger partial charge in [-0.2, -0.15) is 5.10 Å². The number of Topliss-reactive ketones (excluding diaryl/α,β-unsaturated/α-hetero) is 1. The van der Waals surface area contributed by atoms with Crippen molar-refractivity contribution in [2.45, 2.75) is 6.92 Å². The molecular weight excluding hydrogens is 268 g/mol. The van der Waals surface area contributed by atoms with Crippen LogP contribution in [-0.4, -0.2) is 25.5 Å². The van der Waals surface area contributed by atoms with E-state index in [0.29, 0.717) is 23.0 Å². The highest BCUT2D eigenvalue weighted by Crippen LogP contribution is 2.20. The van der Waals surface area contributed by atoms with Crippen LogP contribution < -0.4 is 4.74 Å². The van der Waals surface area contributed by atoms with Crippen LogP contribution in [0.5, 0.6) is 11.6 Å². The molecule has 104 valence electrons. The van der Waals surface area contributed by atoms with Crippen LogP contribution in [0.3, 0.4) is 0 Å². The van der Waals surface area contributed by atoms with E-state index in [1.54, 1.807) is 47.4 Å². The summed E-state index contributed by atoms with van der Waals surface area (Å²) in [5.74, 6) is 1.64. The number of ether oxygens (including phenoxy) is 1. The van der Waals surface area contributed by atoms with E-state index in [2.05, 4.69) is 15.1 Å². The van der Waals surface area contributed by atoms with E-state index in [0.717, 1.165) is 0 Å². The molecular formula is C15H12N4O2. The van der Waals surface area contributed by atoms with Crippen LogP contribution in [-0.2, 0) is 0 Å². The number of aromatic nitrogens is 4. The molecule has 0 spiro atoms. The van der Waals surface area contributed by atoms with Crippen molar-refractivity contribution in [1.29, 1.82) is 0 Å². The Morgan fingerprint density at radius 1 is 1.19 bits per heavy atom. The SMILES string of the molecule is CC(=O)c1ccc(Oc2cc(-n3cccn3)ncn2)cc1. The molecule has 6 heteroatoms. The van der Waals surface area contributed by atoms with Crippen molar-refractivity contribution in [1.82, 2.24) is 19.7 Å². The first kappa shape index (κ1) is 13.0. The van der Waals surface area contributed by atoms with Gasteiger partial charge in [0.15, 0.2) is 11.6 Å². The number of carbonyl (C=O) groups excluding carboxylic acids is 1. The van der Waals surface area contributed by atoms with Crippen LogP contribution in [0.25, 0.3) is 5.82 Å². The molecule has 2 aromatic heterocycles. The second-order valence-corrected chi connectivity index (χ2v) is 4.35. The van der Waals surface area contributed by atoms with Crippen molar-refractivity contribution in [3.8, 4) is 17.4 Å². The maximum absolute atomic E-state index is 11.2. The van der Waals surface area contributed by atoms with Gasteiger partial charge in [0.05, 0.1) is 0 Å². The molecule has 0 aliphatic rings. The third kappa shape index (κ3) is 2.94. The first-order chi connectivity index (χ1) is 10.2. The number of hydrogen-bond acceptors (Lipinski definition) is 5. The van der Waals surface area contributed by atoms with Crippen molar-refractivity contribution < 1.29 is 9.53 Å². The van der Waals surface area contributed by atoms with Crippen molar-refractivity contribution in [2.75, 3.05) is 0 Å². The Labute approximate surface area is 121 Å². The van der Waals surface area contributed by atoms with Gasteiger partial charge in [-0.05, 0) is 37.3 Å². The largest absolute Gasteiger partial charge is 0.439 e. The Morgan fingerprint density at radius 3 is 2.67 bits per heavy atom. The van der Waals surface area contributed by atoms with Crippen molar-refractivity contribution in [2.24, 2.45) is 0 Å². The van der Waals surface area contributed by atoms with Gasteiger partial charge in [0.25, 0.3) is 0 Å². The molecule has 0 bridgehead atoms. The number of ketones is 1. The first-order valence-electron chi connectivity index (χ1n) is 6.33. The summed E-state index contributed by atoms with van der Waals surface area (Å²) in [4.78, 5) is 19.4. The Hall–Kier alpha value is -3.02. The number of nitrogens with zero attached hydrogens (tertiary/aromatic N) is 4. The van der Waals surface area contributed by atoms with Crippen LogP contribution >= 0.6 is 0 Å². The van der Waals surface area contributed by atoms with E-state index in [4.69, 9.17) is 4.74 Å². The number of benzene rings is 1. The fourth-order valence-electron chi connectivity index (χ4n) is 1.79. The Bertz CT molecular complexity index is 752. The quantitative estimate of drug-likeness (QED) is 0.687. The lowest BCUT2D eigenvalue weighted by molar-refractivity contribution is 0.101. The van der Waals surface area contributed by atoms with Gasteiger partial charge >= 0.3 is 0 Å². The number of carbonyl (C=O) groups is 1. The fraction of sp³-hybridized carbons (Fsp3) is 0.0667. The van der Waals surface area contributed by atoms with E-state index >= 15 is 0 Å². The lowest BCUT2D eigenvalue weighted by atomic mass is 10.1. The monoisotopic (exact) mass is 280 g/mol. The van der Waals surface area contributed by atoms with E-state index in [-0.39, 0.29) is 5.78 Å². The molecule has 6 nitrogen and oxygen atoms in total. The zero-order valence-corrected chi connectivity index (χ0v) is 11.3. The van der Waals surface area contributed by atoms with Gasteiger partial charge in [0.1, 0.15) is 12.1 Å². The van der Waals surface area contributed by atoms with Crippen LogP contribution in [0.2, 0.25) is 0 Å². The molecule has 0 amide bonds. The molecule has 0 radical (unpaired) electrons. The highest BCUT2D eigenvalue weighted by atomic mass is 16.5. The first-order valence-corrected chi connectivity index (χ1v) is 6.33. The van der Waals surface area contributed by atoms with Gasteiger partial charge < -0.3 is 4.74 Å². The average molecular weight is 280 g/mol. The molecule has 0 saturated carbocycles. The molecule has 3 rings (SSSR count). The maximum Gasteiger partial charge on any atom is 0.224 e. The normalized spacial score (nSPS) is 10.3. The van der Waals surface area contributed by atoms with Crippen LogP contribution in [0.15, 0.2) is 55.1 Å². The van der Waals surface area contributed by atoms with Gasteiger partial charge in [0.2, 0.25) is 5.88 Å². The molecule has 3 aromatic rings. The second kappa shape index (κ2) is 5.54. The van der Waals surface area contributed by atoms with Crippen molar-refractivity contribution in [3.05, 3.63) is 60.7 Å². The summed E-state index contributed by atoms with van der Waals surface area (Å²) in [6, 6.07) is 10.4. The predicted octanol–water partition coefficient (Wildman–Crippen LogP) is 2.66. The van der Waals surface area contributed by atoms with Crippen LogP contribution in [0.1, 0.15) is 17.3 Å². The van der Waals surface area contributed by atoms with Gasteiger partial charge in [-0.1, -0.05) is 0 Å². The lowest BCUT2D eigenvalue weighted by Crippen LogP contribution is -1.99.